The Bertz CT molecular complexity index is 1280. The number of benzene rings is 3. The fourth-order valence-electron chi connectivity index (χ4n) is 3.18. The molecule has 0 aliphatic carbocycles. The number of nitrogens with one attached hydrogen (secondary N) is 1. The lowest BCUT2D eigenvalue weighted by molar-refractivity contribution is -0.116. The largest absolute Gasteiger partial charge is 0.454 e. The monoisotopic (exact) mass is 526 g/mol. The molecule has 0 unspecified atom stereocenters. The number of halogens is 3. The molecule has 1 aliphatic heterocycles. The van der Waals surface area contributed by atoms with Gasteiger partial charge >= 0.3 is 0 Å². The molecule has 3 aromatic rings. The molecular weight excluding hydrogens is 511 g/mol. The molecule has 3 aromatic carbocycles. The summed E-state index contributed by atoms with van der Waals surface area (Å²) in [6.07, 6.45) is 0. The van der Waals surface area contributed by atoms with Crippen LogP contribution in [0, 0.1) is 0 Å². The van der Waals surface area contributed by atoms with Crippen molar-refractivity contribution < 1.29 is 22.7 Å². The van der Waals surface area contributed by atoms with Gasteiger partial charge in [-0.1, -0.05) is 40.9 Å². The summed E-state index contributed by atoms with van der Waals surface area (Å²) in [6, 6.07) is 15.4. The zero-order valence-electron chi connectivity index (χ0n) is 16.9. The number of nitrogens with zero attached hydrogens (tertiary/aromatic N) is 1. The van der Waals surface area contributed by atoms with E-state index in [0.717, 1.165) is 4.31 Å². The standard InChI is InChI=1S/C22H17Cl3N2O5S/c23-14-4-7-16(8-5-14)33(29,30)27(11-17-18(24)2-1-3-19(17)25)12-22(28)26-15-6-9-20-21(10-15)32-13-31-20/h1-10H,11-13H2,(H,26,28). The maximum Gasteiger partial charge on any atom is 0.243 e. The van der Waals surface area contributed by atoms with Gasteiger partial charge in [0.25, 0.3) is 0 Å². The molecule has 0 bridgehead atoms. The molecule has 0 radical (unpaired) electrons. The van der Waals surface area contributed by atoms with E-state index in [2.05, 4.69) is 5.32 Å². The molecule has 0 atom stereocenters. The maximum atomic E-state index is 13.4. The van der Waals surface area contributed by atoms with E-state index in [4.69, 9.17) is 44.3 Å². The van der Waals surface area contributed by atoms with Gasteiger partial charge in [0.05, 0.1) is 11.4 Å². The minimum Gasteiger partial charge on any atom is -0.454 e. The summed E-state index contributed by atoms with van der Waals surface area (Å²) in [5.41, 5.74) is 0.818. The van der Waals surface area contributed by atoms with Crippen LogP contribution in [-0.2, 0) is 21.4 Å². The van der Waals surface area contributed by atoms with Crippen molar-refractivity contribution in [1.82, 2.24) is 4.31 Å². The lowest BCUT2D eigenvalue weighted by atomic mass is 10.2. The Balaban J connectivity index is 1.62. The first-order valence-electron chi connectivity index (χ1n) is 9.62. The second kappa shape index (κ2) is 9.79. The van der Waals surface area contributed by atoms with Gasteiger partial charge < -0.3 is 14.8 Å². The summed E-state index contributed by atoms with van der Waals surface area (Å²) in [5, 5.41) is 3.64. The van der Waals surface area contributed by atoms with Crippen molar-refractivity contribution in [1.29, 1.82) is 0 Å². The number of hydrogen-bond donors (Lipinski definition) is 1. The van der Waals surface area contributed by atoms with Gasteiger partial charge in [0.15, 0.2) is 11.5 Å². The van der Waals surface area contributed by atoms with E-state index in [0.29, 0.717) is 27.8 Å². The molecule has 0 saturated heterocycles. The van der Waals surface area contributed by atoms with Crippen LogP contribution in [0.15, 0.2) is 65.6 Å². The predicted octanol–water partition coefficient (Wildman–Crippen LogP) is 5.21. The van der Waals surface area contributed by atoms with E-state index >= 15 is 0 Å². The van der Waals surface area contributed by atoms with Gasteiger partial charge in [0.2, 0.25) is 22.7 Å². The van der Waals surface area contributed by atoms with Crippen molar-refractivity contribution in [3.63, 3.8) is 0 Å². The molecule has 0 fully saturated rings. The molecule has 0 saturated carbocycles. The van der Waals surface area contributed by atoms with Gasteiger partial charge in [-0.3, -0.25) is 4.79 Å². The minimum atomic E-state index is -4.09. The fourth-order valence-corrected chi connectivity index (χ4v) is 5.18. The highest BCUT2D eigenvalue weighted by atomic mass is 35.5. The van der Waals surface area contributed by atoms with Crippen LogP contribution in [0.2, 0.25) is 15.1 Å². The maximum absolute atomic E-state index is 13.4. The summed E-state index contributed by atoms with van der Waals surface area (Å²) in [6.45, 7) is -0.600. The number of amides is 1. The Kier molecular flexibility index (Phi) is 7.02. The number of carbonyl (C=O) groups excluding carboxylic acids is 1. The average Bonchev–Trinajstić information content (AvgIpc) is 3.23. The number of hydrogen-bond acceptors (Lipinski definition) is 5. The number of rotatable bonds is 7. The van der Waals surface area contributed by atoms with Gasteiger partial charge in [-0.15, -0.1) is 0 Å². The molecule has 11 heteroatoms. The van der Waals surface area contributed by atoms with E-state index in [1.807, 2.05) is 0 Å². The smallest absolute Gasteiger partial charge is 0.243 e. The fraction of sp³-hybridized carbons (Fsp3) is 0.136. The van der Waals surface area contributed by atoms with E-state index in [1.165, 1.54) is 24.3 Å². The zero-order chi connectivity index (χ0) is 23.6. The van der Waals surface area contributed by atoms with Gasteiger partial charge in [0, 0.05) is 38.9 Å². The van der Waals surface area contributed by atoms with Crippen molar-refractivity contribution in [2.24, 2.45) is 0 Å². The van der Waals surface area contributed by atoms with E-state index < -0.39 is 22.5 Å². The Morgan fingerprint density at radius 1 is 0.939 bits per heavy atom. The lowest BCUT2D eigenvalue weighted by Crippen LogP contribution is -2.37. The number of carbonyl (C=O) groups is 1. The van der Waals surface area contributed by atoms with Crippen LogP contribution < -0.4 is 14.8 Å². The highest BCUT2D eigenvalue weighted by Gasteiger charge is 2.28. The summed E-state index contributed by atoms with van der Waals surface area (Å²) in [4.78, 5) is 12.8. The van der Waals surface area contributed by atoms with Crippen LogP contribution in [0.1, 0.15) is 5.56 Å². The van der Waals surface area contributed by atoms with Crippen molar-refractivity contribution in [3.05, 3.63) is 81.3 Å². The van der Waals surface area contributed by atoms with Crippen molar-refractivity contribution >= 4 is 56.4 Å². The first kappa shape index (κ1) is 23.7. The van der Waals surface area contributed by atoms with Gasteiger partial charge in [-0.25, -0.2) is 8.42 Å². The van der Waals surface area contributed by atoms with Gasteiger partial charge in [-0.2, -0.15) is 4.31 Å². The van der Waals surface area contributed by atoms with Gasteiger partial charge in [-0.05, 0) is 48.5 Å². The third kappa shape index (κ3) is 5.37. The van der Waals surface area contributed by atoms with Crippen LogP contribution in [0.25, 0.3) is 0 Å². The van der Waals surface area contributed by atoms with Crippen LogP contribution >= 0.6 is 34.8 Å². The number of sulfonamides is 1. The first-order chi connectivity index (χ1) is 15.7. The van der Waals surface area contributed by atoms with Crippen molar-refractivity contribution in [2.75, 3.05) is 18.7 Å². The SMILES string of the molecule is O=C(CN(Cc1c(Cl)cccc1Cl)S(=O)(=O)c1ccc(Cl)cc1)Nc1ccc2c(c1)OCO2. The summed E-state index contributed by atoms with van der Waals surface area (Å²) in [5.74, 6) is 0.490. The second-order valence-corrected chi connectivity index (χ2v) is 10.2. The molecule has 1 aliphatic rings. The summed E-state index contributed by atoms with van der Waals surface area (Å²) < 4.78 is 38.4. The first-order valence-corrected chi connectivity index (χ1v) is 12.2. The lowest BCUT2D eigenvalue weighted by Gasteiger charge is -2.23. The molecule has 33 heavy (non-hydrogen) atoms. The molecule has 0 spiro atoms. The van der Waals surface area contributed by atoms with Crippen molar-refractivity contribution in [2.45, 2.75) is 11.4 Å². The normalized spacial score (nSPS) is 12.7. The van der Waals surface area contributed by atoms with E-state index in [-0.39, 0.29) is 28.3 Å². The zero-order valence-corrected chi connectivity index (χ0v) is 20.0. The Morgan fingerprint density at radius 3 is 2.30 bits per heavy atom. The number of anilines is 1. The van der Waals surface area contributed by atoms with Crippen LogP contribution in [0.5, 0.6) is 11.5 Å². The molecule has 1 N–H and O–H groups in total. The third-order valence-electron chi connectivity index (χ3n) is 4.82. The van der Waals surface area contributed by atoms with Crippen LogP contribution in [0.4, 0.5) is 5.69 Å². The molecule has 7 nitrogen and oxygen atoms in total. The molecule has 172 valence electrons. The van der Waals surface area contributed by atoms with Crippen molar-refractivity contribution in [3.8, 4) is 11.5 Å². The number of fused-ring (bicyclic) bond motifs is 1. The Hall–Kier alpha value is -2.49. The molecule has 1 amide bonds. The van der Waals surface area contributed by atoms with Crippen LogP contribution in [-0.4, -0.2) is 32.0 Å². The molecular formula is C22H17Cl3N2O5S. The van der Waals surface area contributed by atoms with E-state index in [9.17, 15) is 13.2 Å². The van der Waals surface area contributed by atoms with E-state index in [1.54, 1.807) is 36.4 Å². The quantitative estimate of drug-likeness (QED) is 0.456. The minimum absolute atomic E-state index is 0.0223. The summed E-state index contributed by atoms with van der Waals surface area (Å²) >= 11 is 18.4. The Labute approximate surface area is 205 Å². The average molecular weight is 528 g/mol. The van der Waals surface area contributed by atoms with Crippen LogP contribution in [0.3, 0.4) is 0 Å². The molecule has 1 heterocycles. The number of ether oxygens (including phenoxy) is 2. The highest BCUT2D eigenvalue weighted by molar-refractivity contribution is 7.89. The van der Waals surface area contributed by atoms with Gasteiger partial charge in [0.1, 0.15) is 0 Å². The third-order valence-corrected chi connectivity index (χ3v) is 7.59. The Morgan fingerprint density at radius 2 is 1.61 bits per heavy atom. The predicted molar refractivity (Wildman–Crippen MR) is 127 cm³/mol. The summed E-state index contributed by atoms with van der Waals surface area (Å²) in [7, 11) is -4.09. The topological polar surface area (TPSA) is 84.9 Å². The second-order valence-electron chi connectivity index (χ2n) is 7.04. The molecule has 0 aromatic heterocycles. The highest BCUT2D eigenvalue weighted by Crippen LogP contribution is 2.34. The molecule has 4 rings (SSSR count).